The second kappa shape index (κ2) is 12.8. The first-order valence-electron chi connectivity index (χ1n) is 16.7. The van der Waals surface area contributed by atoms with Crippen molar-refractivity contribution in [1.82, 2.24) is 9.97 Å². The van der Waals surface area contributed by atoms with Crippen molar-refractivity contribution in [3.05, 3.63) is 169 Å². The SMILES string of the molecule is C/C=C\C(=C/C(C)=Nc1ncccc1C)c1cc(-c2cc3ccccc3c3ccccc23)nc(-c2cc3ccccc3c3ccccc23)c1. The van der Waals surface area contributed by atoms with Gasteiger partial charge < -0.3 is 0 Å². The lowest BCUT2D eigenvalue weighted by Gasteiger charge is -2.16. The van der Waals surface area contributed by atoms with Crippen LogP contribution < -0.4 is 0 Å². The number of aromatic nitrogens is 2. The molecule has 0 aliphatic rings. The van der Waals surface area contributed by atoms with Crippen LogP contribution in [0.25, 0.3) is 71.2 Å². The minimum Gasteiger partial charge on any atom is -0.248 e. The number of hydrogen-bond donors (Lipinski definition) is 0. The quantitative estimate of drug-likeness (QED) is 0.104. The Bertz CT molecular complexity index is 2500. The number of benzene rings is 6. The molecule has 0 fully saturated rings. The van der Waals surface area contributed by atoms with E-state index in [4.69, 9.17) is 9.98 Å². The fourth-order valence-electron chi connectivity index (χ4n) is 6.93. The van der Waals surface area contributed by atoms with Gasteiger partial charge in [0.05, 0.1) is 11.4 Å². The molecule has 49 heavy (non-hydrogen) atoms. The van der Waals surface area contributed by atoms with Crippen LogP contribution in [0.2, 0.25) is 0 Å². The molecule has 0 bridgehead atoms. The molecule has 3 nitrogen and oxygen atoms in total. The van der Waals surface area contributed by atoms with Gasteiger partial charge in [-0.15, -0.1) is 0 Å². The molecule has 8 aromatic rings. The molecule has 0 unspecified atom stereocenters. The van der Waals surface area contributed by atoms with Gasteiger partial charge in [0.25, 0.3) is 0 Å². The Morgan fingerprint density at radius 1 is 0.592 bits per heavy atom. The van der Waals surface area contributed by atoms with Gasteiger partial charge in [-0.3, -0.25) is 0 Å². The lowest BCUT2D eigenvalue weighted by atomic mass is 9.91. The van der Waals surface area contributed by atoms with E-state index in [1.807, 2.05) is 26.0 Å². The van der Waals surface area contributed by atoms with Gasteiger partial charge in [0.1, 0.15) is 0 Å². The van der Waals surface area contributed by atoms with E-state index in [0.717, 1.165) is 50.7 Å². The third-order valence-electron chi connectivity index (χ3n) is 9.22. The van der Waals surface area contributed by atoms with Gasteiger partial charge in [-0.05, 0) is 117 Å². The molecule has 6 aromatic carbocycles. The van der Waals surface area contributed by atoms with Crippen molar-refractivity contribution in [1.29, 1.82) is 0 Å². The smallest absolute Gasteiger partial charge is 0.154 e. The molecule has 8 rings (SSSR count). The highest BCUT2D eigenvalue weighted by atomic mass is 14.9. The second-order valence-electron chi connectivity index (χ2n) is 12.5. The molecule has 0 atom stereocenters. The molecule has 0 radical (unpaired) electrons. The molecule has 0 amide bonds. The third-order valence-corrected chi connectivity index (χ3v) is 9.22. The molecule has 0 N–H and O–H groups in total. The van der Waals surface area contributed by atoms with Crippen LogP contribution in [0, 0.1) is 6.92 Å². The van der Waals surface area contributed by atoms with E-state index in [0.29, 0.717) is 0 Å². The van der Waals surface area contributed by atoms with Gasteiger partial charge in [0, 0.05) is 23.0 Å². The number of allylic oxidation sites excluding steroid dienone is 4. The van der Waals surface area contributed by atoms with Crippen molar-refractivity contribution < 1.29 is 0 Å². The van der Waals surface area contributed by atoms with Crippen molar-refractivity contribution in [2.24, 2.45) is 4.99 Å². The summed E-state index contributed by atoms with van der Waals surface area (Å²) >= 11 is 0. The number of nitrogens with zero attached hydrogens (tertiary/aromatic N) is 3. The number of rotatable bonds is 6. The monoisotopic (exact) mass is 629 g/mol. The van der Waals surface area contributed by atoms with Crippen LogP contribution in [0.3, 0.4) is 0 Å². The van der Waals surface area contributed by atoms with Crippen LogP contribution in [-0.4, -0.2) is 15.7 Å². The fourth-order valence-corrected chi connectivity index (χ4v) is 6.93. The summed E-state index contributed by atoms with van der Waals surface area (Å²) in [6.07, 6.45) is 8.18. The van der Waals surface area contributed by atoms with Crippen molar-refractivity contribution in [2.45, 2.75) is 20.8 Å². The number of hydrogen-bond acceptors (Lipinski definition) is 3. The Kier molecular flexibility index (Phi) is 7.87. The molecular formula is C46H35N3. The first-order valence-corrected chi connectivity index (χ1v) is 16.7. The van der Waals surface area contributed by atoms with Gasteiger partial charge >= 0.3 is 0 Å². The highest BCUT2D eigenvalue weighted by Gasteiger charge is 2.16. The van der Waals surface area contributed by atoms with Gasteiger partial charge in [0.2, 0.25) is 0 Å². The number of aryl methyl sites for hydroxylation is 1. The number of fused-ring (bicyclic) bond motifs is 6. The minimum atomic E-state index is 0.734. The number of aliphatic imine (C=N–C) groups is 1. The van der Waals surface area contributed by atoms with Gasteiger partial charge in [-0.25, -0.2) is 15.0 Å². The lowest BCUT2D eigenvalue weighted by Crippen LogP contribution is -1.96. The molecule has 2 aromatic heterocycles. The molecule has 234 valence electrons. The molecule has 0 aliphatic carbocycles. The fraction of sp³-hybridized carbons (Fsp3) is 0.0652. The Hall–Kier alpha value is -6.19. The summed E-state index contributed by atoms with van der Waals surface area (Å²) in [7, 11) is 0. The summed E-state index contributed by atoms with van der Waals surface area (Å²) in [5.41, 5.74) is 8.12. The molecule has 0 aliphatic heterocycles. The van der Waals surface area contributed by atoms with Gasteiger partial charge in [0.15, 0.2) is 5.82 Å². The maximum absolute atomic E-state index is 5.50. The first kappa shape index (κ1) is 30.2. The maximum Gasteiger partial charge on any atom is 0.154 e. The molecule has 0 saturated heterocycles. The molecule has 2 heterocycles. The Morgan fingerprint density at radius 3 is 1.63 bits per heavy atom. The first-order chi connectivity index (χ1) is 24.1. The van der Waals surface area contributed by atoms with E-state index in [2.05, 4.69) is 151 Å². The highest BCUT2D eigenvalue weighted by Crippen LogP contribution is 2.39. The topological polar surface area (TPSA) is 38.1 Å². The summed E-state index contributed by atoms with van der Waals surface area (Å²) in [6, 6.07) is 47.6. The van der Waals surface area contributed by atoms with Crippen molar-refractivity contribution in [3.63, 3.8) is 0 Å². The zero-order valence-electron chi connectivity index (χ0n) is 27.9. The zero-order valence-corrected chi connectivity index (χ0v) is 27.9. The predicted octanol–water partition coefficient (Wildman–Crippen LogP) is 12.5. The van der Waals surface area contributed by atoms with E-state index in [1.54, 1.807) is 6.20 Å². The second-order valence-corrected chi connectivity index (χ2v) is 12.5. The van der Waals surface area contributed by atoms with Crippen molar-refractivity contribution >= 4 is 60.2 Å². The average molecular weight is 630 g/mol. The third kappa shape index (κ3) is 5.70. The van der Waals surface area contributed by atoms with E-state index >= 15 is 0 Å². The summed E-state index contributed by atoms with van der Waals surface area (Å²) in [5, 5.41) is 9.67. The lowest BCUT2D eigenvalue weighted by molar-refractivity contribution is 1.22. The van der Waals surface area contributed by atoms with E-state index in [1.165, 1.54) is 43.1 Å². The predicted molar refractivity (Wildman–Crippen MR) is 210 cm³/mol. The average Bonchev–Trinajstić information content (AvgIpc) is 3.14. The molecule has 0 spiro atoms. The van der Waals surface area contributed by atoms with Gasteiger partial charge in [-0.2, -0.15) is 0 Å². The van der Waals surface area contributed by atoms with Crippen LogP contribution in [0.5, 0.6) is 0 Å². The maximum atomic E-state index is 5.50. The van der Waals surface area contributed by atoms with Crippen LogP contribution >= 0.6 is 0 Å². The normalized spacial score (nSPS) is 12.6. The van der Waals surface area contributed by atoms with Crippen LogP contribution in [0.15, 0.2) is 163 Å². The Morgan fingerprint density at radius 2 is 1.10 bits per heavy atom. The van der Waals surface area contributed by atoms with Gasteiger partial charge in [-0.1, -0.05) is 115 Å². The zero-order chi connectivity index (χ0) is 33.3. The largest absolute Gasteiger partial charge is 0.248 e. The van der Waals surface area contributed by atoms with E-state index in [-0.39, 0.29) is 0 Å². The van der Waals surface area contributed by atoms with Crippen LogP contribution in [0.1, 0.15) is 25.0 Å². The van der Waals surface area contributed by atoms with Crippen molar-refractivity contribution in [2.75, 3.05) is 0 Å². The summed E-state index contributed by atoms with van der Waals surface area (Å²) < 4.78 is 0. The van der Waals surface area contributed by atoms with Crippen molar-refractivity contribution in [3.8, 4) is 22.5 Å². The standard InChI is InChI=1S/C46H35N3/c1-4-14-32(25-31(3)48-46-30(2)15-13-24-47-46)35-28-44(42-26-33-16-5-7-18-36(33)38-20-9-11-22-40(38)42)49-45(29-35)43-27-34-17-6-8-19-37(34)39-21-10-12-23-41(39)43/h4-29H,1-3H3/b14-4-,32-25+,48-31?. The molecule has 3 heteroatoms. The minimum absolute atomic E-state index is 0.734. The Labute approximate surface area is 286 Å². The van der Waals surface area contributed by atoms with E-state index < -0.39 is 0 Å². The summed E-state index contributed by atoms with van der Waals surface area (Å²) in [4.78, 5) is 14.9. The van der Waals surface area contributed by atoms with Crippen LogP contribution in [0.4, 0.5) is 5.82 Å². The Balaban J connectivity index is 1.43. The number of pyridine rings is 2. The molecule has 0 saturated carbocycles. The summed E-state index contributed by atoms with van der Waals surface area (Å²) in [5.74, 6) is 0.734. The van der Waals surface area contributed by atoms with E-state index in [9.17, 15) is 0 Å². The highest BCUT2D eigenvalue weighted by molar-refractivity contribution is 6.15. The van der Waals surface area contributed by atoms with Crippen LogP contribution in [-0.2, 0) is 0 Å². The summed E-state index contributed by atoms with van der Waals surface area (Å²) in [6.45, 7) is 6.13. The molecular weight excluding hydrogens is 595 g/mol.